The lowest BCUT2D eigenvalue weighted by molar-refractivity contribution is -0.121. The monoisotopic (exact) mass is 257 g/mol. The lowest BCUT2D eigenvalue weighted by Crippen LogP contribution is -2.37. The summed E-state index contributed by atoms with van der Waals surface area (Å²) in [5.41, 5.74) is 1.97. The predicted octanol–water partition coefficient (Wildman–Crippen LogP) is 2.48. The maximum atomic E-state index is 11.7. The van der Waals surface area contributed by atoms with Gasteiger partial charge in [-0.1, -0.05) is 18.2 Å². The molecule has 0 saturated heterocycles. The zero-order chi connectivity index (χ0) is 13.8. The molecule has 0 bridgehead atoms. The van der Waals surface area contributed by atoms with E-state index < -0.39 is 0 Å². The number of hydrogen-bond acceptors (Lipinski definition) is 3. The molecule has 1 aromatic heterocycles. The quantitative estimate of drug-likeness (QED) is 0.884. The summed E-state index contributed by atoms with van der Waals surface area (Å²) in [5.74, 6) is 0.745. The second kappa shape index (κ2) is 5.69. The number of aromatic nitrogens is 1. The Kier molecular flexibility index (Phi) is 4.00. The molecule has 2 rings (SSSR count). The molecule has 1 amide bonds. The van der Waals surface area contributed by atoms with Crippen molar-refractivity contribution < 1.29 is 4.79 Å². The normalized spacial score (nSPS) is 12.2. The van der Waals surface area contributed by atoms with Crippen molar-refractivity contribution in [2.45, 2.75) is 26.8 Å². The van der Waals surface area contributed by atoms with E-state index in [2.05, 4.69) is 21.7 Å². The molecule has 0 aliphatic heterocycles. The van der Waals surface area contributed by atoms with Gasteiger partial charge in [0.15, 0.2) is 0 Å². The van der Waals surface area contributed by atoms with Crippen LogP contribution in [0.25, 0.3) is 10.9 Å². The fourth-order valence-corrected chi connectivity index (χ4v) is 1.97. The van der Waals surface area contributed by atoms with E-state index >= 15 is 0 Å². The lowest BCUT2D eigenvalue weighted by Gasteiger charge is -2.16. The molecule has 4 nitrogen and oxygen atoms in total. The first-order chi connectivity index (χ1) is 9.11. The Balaban J connectivity index is 2.25. The van der Waals surface area contributed by atoms with Crippen molar-refractivity contribution in [1.29, 1.82) is 0 Å². The van der Waals surface area contributed by atoms with Crippen molar-refractivity contribution in [2.24, 2.45) is 0 Å². The topological polar surface area (TPSA) is 54.0 Å². The molecule has 4 heteroatoms. The number of carbonyl (C=O) groups excluding carboxylic acids is 1. The van der Waals surface area contributed by atoms with Gasteiger partial charge in [-0.2, -0.15) is 0 Å². The molecule has 0 aliphatic carbocycles. The number of fused-ring (bicyclic) bond motifs is 1. The van der Waals surface area contributed by atoms with E-state index in [0.29, 0.717) is 6.54 Å². The van der Waals surface area contributed by atoms with Crippen LogP contribution in [0.15, 0.2) is 30.3 Å². The number of aryl methyl sites for hydroxylation is 1. The third kappa shape index (κ3) is 3.02. The van der Waals surface area contributed by atoms with E-state index in [1.807, 2.05) is 45.0 Å². The summed E-state index contributed by atoms with van der Waals surface area (Å²) in [7, 11) is 0. The molecule has 1 unspecified atom stereocenters. The first-order valence-electron chi connectivity index (χ1n) is 6.52. The van der Waals surface area contributed by atoms with E-state index in [0.717, 1.165) is 22.3 Å². The van der Waals surface area contributed by atoms with Gasteiger partial charge in [0.1, 0.15) is 11.9 Å². The fourth-order valence-electron chi connectivity index (χ4n) is 1.97. The summed E-state index contributed by atoms with van der Waals surface area (Å²) in [6.45, 7) is 6.37. The Labute approximate surface area is 113 Å². The zero-order valence-corrected chi connectivity index (χ0v) is 11.5. The van der Waals surface area contributed by atoms with E-state index in [-0.39, 0.29) is 11.9 Å². The van der Waals surface area contributed by atoms with Gasteiger partial charge in [0.2, 0.25) is 5.91 Å². The molecule has 0 spiro atoms. The van der Waals surface area contributed by atoms with Crippen LogP contribution in [-0.4, -0.2) is 23.5 Å². The Bertz CT molecular complexity index is 595. The third-order valence-electron chi connectivity index (χ3n) is 3.01. The second-order valence-corrected chi connectivity index (χ2v) is 4.61. The molecule has 0 fully saturated rings. The van der Waals surface area contributed by atoms with Crippen LogP contribution >= 0.6 is 0 Å². The fraction of sp³-hybridized carbons (Fsp3) is 0.333. The molecule has 0 saturated carbocycles. The minimum absolute atomic E-state index is 0.0168. The number of nitrogens with one attached hydrogen (secondary N) is 2. The predicted molar refractivity (Wildman–Crippen MR) is 78.2 cm³/mol. The van der Waals surface area contributed by atoms with Crippen LogP contribution in [0.1, 0.15) is 19.4 Å². The number of hydrogen-bond donors (Lipinski definition) is 2. The highest BCUT2D eigenvalue weighted by Crippen LogP contribution is 2.20. The first-order valence-corrected chi connectivity index (χ1v) is 6.52. The van der Waals surface area contributed by atoms with Crippen LogP contribution in [0.3, 0.4) is 0 Å². The summed E-state index contributed by atoms with van der Waals surface area (Å²) in [5, 5.41) is 7.06. The number of rotatable bonds is 4. The first kappa shape index (κ1) is 13.3. The van der Waals surface area contributed by atoms with Gasteiger partial charge in [-0.3, -0.25) is 4.79 Å². The van der Waals surface area contributed by atoms with Crippen molar-refractivity contribution >= 4 is 22.6 Å². The lowest BCUT2D eigenvalue weighted by atomic mass is 10.1. The Morgan fingerprint density at radius 2 is 2.11 bits per heavy atom. The van der Waals surface area contributed by atoms with Crippen LogP contribution < -0.4 is 10.6 Å². The van der Waals surface area contributed by atoms with Gasteiger partial charge in [0, 0.05) is 11.9 Å². The van der Waals surface area contributed by atoms with Gasteiger partial charge in [-0.05, 0) is 38.5 Å². The van der Waals surface area contributed by atoms with Crippen molar-refractivity contribution in [1.82, 2.24) is 10.3 Å². The molecule has 1 atom stereocenters. The number of carbonyl (C=O) groups is 1. The number of anilines is 1. The average molecular weight is 257 g/mol. The highest BCUT2D eigenvalue weighted by Gasteiger charge is 2.13. The molecule has 0 aliphatic rings. The Morgan fingerprint density at radius 3 is 2.84 bits per heavy atom. The van der Waals surface area contributed by atoms with Gasteiger partial charge in [0.25, 0.3) is 0 Å². The van der Waals surface area contributed by atoms with E-state index in [4.69, 9.17) is 0 Å². The van der Waals surface area contributed by atoms with E-state index in [1.165, 1.54) is 0 Å². The van der Waals surface area contributed by atoms with Crippen molar-refractivity contribution in [3.63, 3.8) is 0 Å². The smallest absolute Gasteiger partial charge is 0.242 e. The maximum absolute atomic E-state index is 11.7. The van der Waals surface area contributed by atoms with Gasteiger partial charge >= 0.3 is 0 Å². The molecule has 2 aromatic rings. The van der Waals surface area contributed by atoms with Crippen LogP contribution in [0.5, 0.6) is 0 Å². The number of benzene rings is 1. The van der Waals surface area contributed by atoms with Gasteiger partial charge in [0.05, 0.1) is 5.52 Å². The summed E-state index contributed by atoms with van der Waals surface area (Å²) in [6, 6.07) is 9.74. The van der Waals surface area contributed by atoms with Crippen molar-refractivity contribution in [3.05, 3.63) is 35.9 Å². The minimum atomic E-state index is -0.299. The van der Waals surface area contributed by atoms with E-state index in [9.17, 15) is 4.79 Å². The number of pyridine rings is 1. The maximum Gasteiger partial charge on any atom is 0.242 e. The van der Waals surface area contributed by atoms with Crippen LogP contribution in [0, 0.1) is 6.92 Å². The number of para-hydroxylation sites is 1. The number of likely N-dealkylation sites (N-methyl/N-ethyl adjacent to an activating group) is 1. The molecule has 1 heterocycles. The molecular formula is C15H19N3O. The largest absolute Gasteiger partial charge is 0.358 e. The summed E-state index contributed by atoms with van der Waals surface area (Å²) in [4.78, 5) is 16.3. The van der Waals surface area contributed by atoms with Crippen LogP contribution in [0.4, 0.5) is 5.82 Å². The molecular weight excluding hydrogens is 238 g/mol. The van der Waals surface area contributed by atoms with Gasteiger partial charge in [-0.25, -0.2) is 4.98 Å². The minimum Gasteiger partial charge on any atom is -0.358 e. The van der Waals surface area contributed by atoms with Crippen molar-refractivity contribution in [2.75, 3.05) is 11.9 Å². The van der Waals surface area contributed by atoms with Crippen molar-refractivity contribution in [3.8, 4) is 0 Å². The average Bonchev–Trinajstić information content (AvgIpc) is 2.39. The molecule has 19 heavy (non-hydrogen) atoms. The summed E-state index contributed by atoms with van der Waals surface area (Å²) >= 11 is 0. The SMILES string of the molecule is CCNC(=O)C(C)Nc1nc2ccccc2cc1C. The Morgan fingerprint density at radius 1 is 1.37 bits per heavy atom. The third-order valence-corrected chi connectivity index (χ3v) is 3.01. The molecule has 0 radical (unpaired) electrons. The highest BCUT2D eigenvalue weighted by molar-refractivity contribution is 5.85. The Hall–Kier alpha value is -2.10. The molecule has 1 aromatic carbocycles. The second-order valence-electron chi connectivity index (χ2n) is 4.61. The zero-order valence-electron chi connectivity index (χ0n) is 11.5. The molecule has 100 valence electrons. The van der Waals surface area contributed by atoms with E-state index in [1.54, 1.807) is 0 Å². The summed E-state index contributed by atoms with van der Waals surface area (Å²) in [6.07, 6.45) is 0. The van der Waals surface area contributed by atoms with Gasteiger partial charge in [-0.15, -0.1) is 0 Å². The number of amides is 1. The van der Waals surface area contributed by atoms with Crippen LogP contribution in [-0.2, 0) is 4.79 Å². The van der Waals surface area contributed by atoms with Crippen LogP contribution in [0.2, 0.25) is 0 Å². The highest BCUT2D eigenvalue weighted by atomic mass is 16.2. The number of nitrogens with zero attached hydrogens (tertiary/aromatic N) is 1. The standard InChI is InChI=1S/C15H19N3O/c1-4-16-15(19)11(3)17-14-10(2)9-12-7-5-6-8-13(12)18-14/h5-9,11H,4H2,1-3H3,(H,16,19)(H,17,18). The summed E-state index contributed by atoms with van der Waals surface area (Å²) < 4.78 is 0. The molecule has 2 N–H and O–H groups in total. The van der Waals surface area contributed by atoms with Gasteiger partial charge < -0.3 is 10.6 Å².